The Morgan fingerprint density at radius 1 is 0.688 bits per heavy atom. The van der Waals surface area contributed by atoms with E-state index >= 15 is 0 Å². The Morgan fingerprint density at radius 3 is 1.31 bits per heavy atom. The molecule has 12 N–H and O–H groups in total. The Bertz CT molecular complexity index is 579. The number of carboxylic acid groups (broad SMARTS) is 5. The van der Waals surface area contributed by atoms with Crippen molar-refractivity contribution in [2.24, 2.45) is 11.5 Å². The van der Waals surface area contributed by atoms with E-state index in [1.165, 1.54) is 0 Å². The molecule has 0 aliphatic carbocycles. The van der Waals surface area contributed by atoms with E-state index in [2.05, 4.69) is 0 Å². The number of carboxylic acids is 5. The predicted octanol–water partition coefficient (Wildman–Crippen LogP) is -3.13. The van der Waals surface area contributed by atoms with Crippen LogP contribution in [0, 0.1) is 0 Å². The van der Waals surface area contributed by atoms with Crippen LogP contribution in [0.2, 0.25) is 0 Å². The SMILES string of the molecule is NC(CCC(=O)O)C(=O)O.NCCC(=O)O.O=C(O)CCC(=O)C(=O)O.OCCC(O)O. The summed E-state index contributed by atoms with van der Waals surface area (Å²) in [4.78, 5) is 59.1. The number of aliphatic hydroxyl groups excluding tert-OH is 2. The molecule has 0 spiro atoms. The highest BCUT2D eigenvalue weighted by molar-refractivity contribution is 6.32. The summed E-state index contributed by atoms with van der Waals surface area (Å²) in [5.41, 5.74) is 9.85. The van der Waals surface area contributed by atoms with E-state index in [0.29, 0.717) is 0 Å². The van der Waals surface area contributed by atoms with Gasteiger partial charge in [0, 0.05) is 32.4 Å². The van der Waals surface area contributed by atoms with Crippen LogP contribution in [-0.4, -0.2) is 102 Å². The average Bonchev–Trinajstić information content (AvgIpc) is 2.65. The molecule has 0 rings (SSSR count). The van der Waals surface area contributed by atoms with Crippen LogP contribution in [0.5, 0.6) is 0 Å². The summed E-state index contributed by atoms with van der Waals surface area (Å²) >= 11 is 0. The minimum Gasteiger partial charge on any atom is -0.481 e. The zero-order valence-corrected chi connectivity index (χ0v) is 17.0. The molecule has 16 heteroatoms. The van der Waals surface area contributed by atoms with Crippen molar-refractivity contribution in [1.82, 2.24) is 0 Å². The Morgan fingerprint density at radius 2 is 1.12 bits per heavy atom. The molecule has 0 bridgehead atoms. The van der Waals surface area contributed by atoms with Crippen molar-refractivity contribution in [3.63, 3.8) is 0 Å². The quantitative estimate of drug-likeness (QED) is 0.0986. The molecular formula is C16H30N2O14. The minimum atomic E-state index is -1.58. The molecule has 0 aliphatic heterocycles. The maximum atomic E-state index is 10.2. The van der Waals surface area contributed by atoms with Crippen molar-refractivity contribution in [3.05, 3.63) is 0 Å². The smallest absolute Gasteiger partial charge is 0.372 e. The van der Waals surface area contributed by atoms with E-state index in [-0.39, 0.29) is 38.8 Å². The van der Waals surface area contributed by atoms with Crippen LogP contribution in [-0.2, 0) is 28.8 Å². The van der Waals surface area contributed by atoms with Crippen LogP contribution in [0.1, 0.15) is 38.5 Å². The highest BCUT2D eigenvalue weighted by Crippen LogP contribution is 1.93. The Balaban J connectivity index is -0.000000168. The van der Waals surface area contributed by atoms with Crippen molar-refractivity contribution < 1.29 is 69.6 Å². The second-order valence-corrected chi connectivity index (χ2v) is 5.42. The summed E-state index contributed by atoms with van der Waals surface area (Å²) in [5, 5.41) is 63.9. The van der Waals surface area contributed by atoms with Crippen molar-refractivity contribution in [3.8, 4) is 0 Å². The number of aliphatic carboxylic acids is 5. The lowest BCUT2D eigenvalue weighted by Gasteiger charge is -2.01. The third kappa shape index (κ3) is 41.2. The normalized spacial score (nSPS) is 10.1. The van der Waals surface area contributed by atoms with Crippen molar-refractivity contribution in [2.45, 2.75) is 50.9 Å². The standard InChI is InChI=1S/C5H9NO4.C5H6O5.C3H7NO2.C3H8O3/c2*6-3(5(9)10)1-2-4(7)8;2*4-2-1-3(5)6/h3H,1-2,6H2,(H,7,8)(H,9,10);1-2H2,(H,7,8)(H,9,10);1-2,4H2,(H,5,6);3-6H,1-2H2. The lowest BCUT2D eigenvalue weighted by molar-refractivity contribution is -0.150. The molecule has 0 aliphatic rings. The number of nitrogens with two attached hydrogens (primary N) is 2. The highest BCUT2D eigenvalue weighted by Gasteiger charge is 2.12. The number of hydrogen-bond donors (Lipinski definition) is 10. The van der Waals surface area contributed by atoms with E-state index in [1.807, 2.05) is 0 Å². The first-order valence-corrected chi connectivity index (χ1v) is 8.69. The zero-order chi connectivity index (χ0) is 26.3. The van der Waals surface area contributed by atoms with Gasteiger partial charge in [-0.15, -0.1) is 0 Å². The van der Waals surface area contributed by atoms with E-state index in [1.54, 1.807) is 0 Å². The third-order valence-electron chi connectivity index (χ3n) is 2.54. The fourth-order valence-electron chi connectivity index (χ4n) is 0.969. The van der Waals surface area contributed by atoms with E-state index < -0.39 is 60.8 Å². The molecule has 0 radical (unpaired) electrons. The predicted molar refractivity (Wildman–Crippen MR) is 103 cm³/mol. The number of ketones is 1. The Kier molecular flexibility index (Phi) is 27.3. The van der Waals surface area contributed by atoms with Gasteiger partial charge in [0.15, 0.2) is 6.29 Å². The lowest BCUT2D eigenvalue weighted by Crippen LogP contribution is -2.30. The van der Waals surface area contributed by atoms with Gasteiger partial charge >= 0.3 is 29.8 Å². The van der Waals surface area contributed by atoms with Crippen molar-refractivity contribution >= 4 is 35.6 Å². The molecule has 0 saturated heterocycles. The molecule has 0 fully saturated rings. The molecule has 0 heterocycles. The highest BCUT2D eigenvalue weighted by atomic mass is 16.5. The van der Waals surface area contributed by atoms with Gasteiger partial charge in [0.1, 0.15) is 6.04 Å². The van der Waals surface area contributed by atoms with Gasteiger partial charge in [-0.1, -0.05) is 0 Å². The number of carbonyl (C=O) groups excluding carboxylic acids is 1. The first-order chi connectivity index (χ1) is 14.6. The molecule has 1 unspecified atom stereocenters. The van der Waals surface area contributed by atoms with Gasteiger partial charge in [-0.3, -0.25) is 24.0 Å². The number of aliphatic hydroxyl groups is 3. The van der Waals surface area contributed by atoms with Crippen LogP contribution in [0.15, 0.2) is 0 Å². The van der Waals surface area contributed by atoms with E-state index in [4.69, 9.17) is 52.3 Å². The van der Waals surface area contributed by atoms with Gasteiger partial charge < -0.3 is 52.3 Å². The summed E-state index contributed by atoms with van der Waals surface area (Å²) in [7, 11) is 0. The molecule has 0 aromatic rings. The van der Waals surface area contributed by atoms with Gasteiger partial charge in [-0.2, -0.15) is 0 Å². The molecule has 0 aromatic heterocycles. The Labute approximate surface area is 181 Å². The number of hydrogen-bond acceptors (Lipinski definition) is 11. The van der Waals surface area contributed by atoms with Gasteiger partial charge in [-0.05, 0) is 6.42 Å². The molecule has 16 nitrogen and oxygen atoms in total. The molecule has 32 heavy (non-hydrogen) atoms. The number of carbonyl (C=O) groups is 6. The van der Waals surface area contributed by atoms with E-state index in [9.17, 15) is 28.8 Å². The van der Waals surface area contributed by atoms with Crippen LogP contribution in [0.25, 0.3) is 0 Å². The maximum absolute atomic E-state index is 10.2. The molecule has 0 aromatic carbocycles. The summed E-state index contributed by atoms with van der Waals surface area (Å²) < 4.78 is 0. The van der Waals surface area contributed by atoms with Crippen molar-refractivity contribution in [2.75, 3.05) is 13.2 Å². The van der Waals surface area contributed by atoms with Gasteiger partial charge in [0.2, 0.25) is 5.78 Å². The van der Waals surface area contributed by atoms with Gasteiger partial charge in [-0.25, -0.2) is 4.79 Å². The Hall–Kier alpha value is -3.18. The molecule has 188 valence electrons. The van der Waals surface area contributed by atoms with Crippen LogP contribution in [0.4, 0.5) is 0 Å². The first-order valence-electron chi connectivity index (χ1n) is 8.69. The first kappa shape index (κ1) is 36.2. The van der Waals surface area contributed by atoms with Crippen LogP contribution in [0.3, 0.4) is 0 Å². The molecule has 0 saturated carbocycles. The van der Waals surface area contributed by atoms with Crippen LogP contribution < -0.4 is 11.5 Å². The molecule has 1 atom stereocenters. The fourth-order valence-corrected chi connectivity index (χ4v) is 0.969. The molecular weight excluding hydrogens is 444 g/mol. The second kappa shape index (κ2) is 24.1. The fraction of sp³-hybridized carbons (Fsp3) is 0.625. The monoisotopic (exact) mass is 474 g/mol. The van der Waals surface area contributed by atoms with Crippen LogP contribution >= 0.6 is 0 Å². The zero-order valence-electron chi connectivity index (χ0n) is 17.0. The topological polar surface area (TPSA) is 316 Å². The lowest BCUT2D eigenvalue weighted by atomic mass is 10.2. The van der Waals surface area contributed by atoms with Crippen molar-refractivity contribution in [1.29, 1.82) is 0 Å². The number of Topliss-reactive ketones (excluding diaryl/α,β-unsaturated/α-hetero) is 1. The minimum absolute atomic E-state index is 0.0231. The summed E-state index contributed by atoms with van der Waals surface area (Å²) in [5.74, 6) is -6.85. The second-order valence-electron chi connectivity index (χ2n) is 5.42. The van der Waals surface area contributed by atoms with Gasteiger partial charge in [0.05, 0.1) is 12.8 Å². The summed E-state index contributed by atoms with van der Waals surface area (Å²) in [6.07, 6.45) is -2.33. The molecule has 0 amide bonds. The van der Waals surface area contributed by atoms with E-state index in [0.717, 1.165) is 0 Å². The number of rotatable bonds is 12. The third-order valence-corrected chi connectivity index (χ3v) is 2.54. The van der Waals surface area contributed by atoms with Gasteiger partial charge in [0.25, 0.3) is 0 Å². The summed E-state index contributed by atoms with van der Waals surface area (Å²) in [6, 6.07) is -1.06. The maximum Gasteiger partial charge on any atom is 0.372 e. The average molecular weight is 474 g/mol. The largest absolute Gasteiger partial charge is 0.481 e. The summed E-state index contributed by atoms with van der Waals surface area (Å²) in [6.45, 7) is 0.0625.